The van der Waals surface area contributed by atoms with E-state index in [0.717, 1.165) is 0 Å². The number of nitrogens with one attached hydrogen (secondary N) is 2. The van der Waals surface area contributed by atoms with E-state index in [-0.39, 0.29) is 11.8 Å². The topological polar surface area (TPSA) is 96.7 Å². The van der Waals surface area contributed by atoms with E-state index in [0.29, 0.717) is 30.2 Å². The zero-order chi connectivity index (χ0) is 13.0. The van der Waals surface area contributed by atoms with Gasteiger partial charge >= 0.3 is 0 Å². The second kappa shape index (κ2) is 5.44. The molecular formula is C11H15N5O2. The van der Waals surface area contributed by atoms with Gasteiger partial charge in [0.05, 0.1) is 11.9 Å². The number of hydrogen-bond acceptors (Lipinski definition) is 5. The van der Waals surface area contributed by atoms with Crippen molar-refractivity contribution in [1.29, 1.82) is 0 Å². The van der Waals surface area contributed by atoms with Gasteiger partial charge in [0.1, 0.15) is 0 Å². The fourth-order valence-electron chi connectivity index (χ4n) is 1.37. The van der Waals surface area contributed by atoms with Crippen LogP contribution in [0.4, 0.5) is 5.69 Å². The van der Waals surface area contributed by atoms with Crippen molar-refractivity contribution in [3.05, 3.63) is 24.1 Å². The molecule has 0 unspecified atom stereocenters. The van der Waals surface area contributed by atoms with Crippen LogP contribution in [0, 0.1) is 0 Å². The molecule has 0 fully saturated rings. The number of rotatable bonds is 5. The van der Waals surface area contributed by atoms with Crippen LogP contribution in [-0.4, -0.2) is 26.2 Å². The Morgan fingerprint density at radius 1 is 1.56 bits per heavy atom. The Morgan fingerprint density at radius 3 is 3.00 bits per heavy atom. The second-order valence-electron chi connectivity index (χ2n) is 4.24. The maximum atomic E-state index is 11.6. The normalized spacial score (nSPS) is 10.8. The average Bonchev–Trinajstić information content (AvgIpc) is 2.96. The van der Waals surface area contributed by atoms with Crippen LogP contribution in [0.5, 0.6) is 0 Å². The van der Waals surface area contributed by atoms with E-state index >= 15 is 0 Å². The zero-order valence-electron chi connectivity index (χ0n) is 10.3. The molecule has 0 saturated carbocycles. The standard InChI is InChI=1S/C11H15N5O2/c1-7(2)11-15-10(18-16-11)4-3-9(17)14-8-5-12-13-6-8/h5-7H,3-4H2,1-2H3,(H,12,13)(H,14,17). The molecule has 0 spiro atoms. The van der Waals surface area contributed by atoms with Crippen molar-refractivity contribution in [3.63, 3.8) is 0 Å². The van der Waals surface area contributed by atoms with E-state index in [2.05, 4.69) is 25.7 Å². The molecule has 0 radical (unpaired) electrons. The quantitative estimate of drug-likeness (QED) is 0.836. The summed E-state index contributed by atoms with van der Waals surface area (Å²) in [5, 5.41) is 12.9. The average molecular weight is 249 g/mol. The van der Waals surface area contributed by atoms with Gasteiger partial charge in [-0.15, -0.1) is 0 Å². The summed E-state index contributed by atoms with van der Waals surface area (Å²) >= 11 is 0. The summed E-state index contributed by atoms with van der Waals surface area (Å²) in [6.45, 7) is 3.97. The van der Waals surface area contributed by atoms with Crippen molar-refractivity contribution in [2.75, 3.05) is 5.32 Å². The number of aryl methyl sites for hydroxylation is 1. The van der Waals surface area contributed by atoms with E-state index in [9.17, 15) is 4.79 Å². The largest absolute Gasteiger partial charge is 0.339 e. The van der Waals surface area contributed by atoms with Gasteiger partial charge in [-0.05, 0) is 0 Å². The van der Waals surface area contributed by atoms with E-state index in [4.69, 9.17) is 4.52 Å². The highest BCUT2D eigenvalue weighted by atomic mass is 16.5. The van der Waals surface area contributed by atoms with Gasteiger partial charge in [0.15, 0.2) is 5.82 Å². The number of nitrogens with zero attached hydrogens (tertiary/aromatic N) is 3. The number of amides is 1. The molecule has 18 heavy (non-hydrogen) atoms. The second-order valence-corrected chi connectivity index (χ2v) is 4.24. The third kappa shape index (κ3) is 3.16. The maximum absolute atomic E-state index is 11.6. The lowest BCUT2D eigenvalue weighted by atomic mass is 10.2. The summed E-state index contributed by atoms with van der Waals surface area (Å²) in [5.74, 6) is 1.27. The molecule has 0 aliphatic carbocycles. The molecular weight excluding hydrogens is 234 g/mol. The van der Waals surface area contributed by atoms with Crippen LogP contribution < -0.4 is 5.32 Å². The Labute approximate surface area is 104 Å². The molecule has 2 aromatic rings. The van der Waals surface area contributed by atoms with Gasteiger partial charge < -0.3 is 9.84 Å². The molecule has 2 aromatic heterocycles. The Bertz CT molecular complexity index is 503. The summed E-state index contributed by atoms with van der Waals surface area (Å²) in [6.07, 6.45) is 3.89. The van der Waals surface area contributed by atoms with E-state index in [1.165, 1.54) is 0 Å². The first-order valence-electron chi connectivity index (χ1n) is 5.76. The van der Waals surface area contributed by atoms with Gasteiger partial charge in [-0.2, -0.15) is 10.1 Å². The molecule has 1 amide bonds. The molecule has 0 aromatic carbocycles. The van der Waals surface area contributed by atoms with Gasteiger partial charge in [0.25, 0.3) is 0 Å². The molecule has 2 rings (SSSR count). The van der Waals surface area contributed by atoms with Crippen LogP contribution in [-0.2, 0) is 11.2 Å². The summed E-state index contributed by atoms with van der Waals surface area (Å²) in [5.41, 5.74) is 0.647. The number of aromatic amines is 1. The van der Waals surface area contributed by atoms with Crippen molar-refractivity contribution in [1.82, 2.24) is 20.3 Å². The lowest BCUT2D eigenvalue weighted by molar-refractivity contribution is -0.116. The molecule has 0 atom stereocenters. The minimum atomic E-state index is -0.110. The molecule has 0 aliphatic heterocycles. The van der Waals surface area contributed by atoms with Crippen molar-refractivity contribution in [3.8, 4) is 0 Å². The monoisotopic (exact) mass is 249 g/mol. The number of anilines is 1. The highest BCUT2D eigenvalue weighted by Gasteiger charge is 2.11. The van der Waals surface area contributed by atoms with Crippen LogP contribution in [0.25, 0.3) is 0 Å². The van der Waals surface area contributed by atoms with Gasteiger partial charge in [0.2, 0.25) is 11.8 Å². The first-order chi connectivity index (χ1) is 8.65. The molecule has 96 valence electrons. The van der Waals surface area contributed by atoms with E-state index in [1.54, 1.807) is 12.4 Å². The lowest BCUT2D eigenvalue weighted by Crippen LogP contribution is -2.11. The number of H-pyrrole nitrogens is 1. The Morgan fingerprint density at radius 2 is 2.39 bits per heavy atom. The van der Waals surface area contributed by atoms with E-state index in [1.807, 2.05) is 13.8 Å². The number of aromatic nitrogens is 4. The number of hydrogen-bond donors (Lipinski definition) is 2. The number of carbonyl (C=O) groups excluding carboxylic acids is 1. The van der Waals surface area contributed by atoms with E-state index < -0.39 is 0 Å². The van der Waals surface area contributed by atoms with Crippen LogP contribution in [0.3, 0.4) is 0 Å². The fraction of sp³-hybridized carbons (Fsp3) is 0.455. The predicted molar refractivity (Wildman–Crippen MR) is 63.9 cm³/mol. The molecule has 0 aliphatic rings. The number of carbonyl (C=O) groups is 1. The fourth-order valence-corrected chi connectivity index (χ4v) is 1.37. The van der Waals surface area contributed by atoms with Gasteiger partial charge in [0, 0.05) is 25.0 Å². The third-order valence-electron chi connectivity index (χ3n) is 2.35. The highest BCUT2D eigenvalue weighted by molar-refractivity contribution is 5.90. The first-order valence-corrected chi connectivity index (χ1v) is 5.76. The van der Waals surface area contributed by atoms with Crippen LogP contribution in [0.2, 0.25) is 0 Å². The van der Waals surface area contributed by atoms with Crippen molar-refractivity contribution in [2.45, 2.75) is 32.6 Å². The summed E-state index contributed by atoms with van der Waals surface area (Å²) in [6, 6.07) is 0. The van der Waals surface area contributed by atoms with Gasteiger partial charge in [-0.1, -0.05) is 19.0 Å². The Kier molecular flexibility index (Phi) is 3.71. The Balaban J connectivity index is 1.81. The molecule has 2 heterocycles. The summed E-state index contributed by atoms with van der Waals surface area (Å²) in [7, 11) is 0. The summed E-state index contributed by atoms with van der Waals surface area (Å²) < 4.78 is 5.05. The minimum absolute atomic E-state index is 0.110. The van der Waals surface area contributed by atoms with Crippen LogP contribution >= 0.6 is 0 Å². The zero-order valence-corrected chi connectivity index (χ0v) is 10.3. The van der Waals surface area contributed by atoms with Crippen molar-refractivity contribution >= 4 is 11.6 Å². The molecule has 0 saturated heterocycles. The summed E-state index contributed by atoms with van der Waals surface area (Å²) in [4.78, 5) is 15.8. The SMILES string of the molecule is CC(C)c1noc(CCC(=O)Nc2cn[nH]c2)n1. The smallest absolute Gasteiger partial charge is 0.227 e. The molecule has 7 heteroatoms. The molecule has 7 nitrogen and oxygen atoms in total. The van der Waals surface area contributed by atoms with Gasteiger partial charge in [-0.3, -0.25) is 9.89 Å². The van der Waals surface area contributed by atoms with Gasteiger partial charge in [-0.25, -0.2) is 0 Å². The lowest BCUT2D eigenvalue weighted by Gasteiger charge is -1.99. The third-order valence-corrected chi connectivity index (χ3v) is 2.35. The van der Waals surface area contributed by atoms with Crippen LogP contribution in [0.15, 0.2) is 16.9 Å². The minimum Gasteiger partial charge on any atom is -0.339 e. The highest BCUT2D eigenvalue weighted by Crippen LogP contribution is 2.11. The predicted octanol–water partition coefficient (Wildman–Crippen LogP) is 1.49. The molecule has 2 N–H and O–H groups in total. The van der Waals surface area contributed by atoms with Crippen molar-refractivity contribution in [2.24, 2.45) is 0 Å². The first kappa shape index (κ1) is 12.3. The molecule has 0 bridgehead atoms. The van der Waals surface area contributed by atoms with Crippen molar-refractivity contribution < 1.29 is 9.32 Å². The Hall–Kier alpha value is -2.18. The van der Waals surface area contributed by atoms with Crippen LogP contribution in [0.1, 0.15) is 37.9 Å². The maximum Gasteiger partial charge on any atom is 0.227 e.